The fraction of sp³-hybridized carbons (Fsp3) is 0.600. The molecule has 26 heavy (non-hydrogen) atoms. The largest absolute Gasteiger partial charge is 0.453 e. The number of hydrogen-bond donors (Lipinski definition) is 2. The molecule has 2 aromatic rings. The summed E-state index contributed by atoms with van der Waals surface area (Å²) in [4.78, 5) is 0. The Morgan fingerprint density at radius 1 is 0.692 bits per heavy atom. The van der Waals surface area contributed by atoms with Gasteiger partial charge in [0, 0.05) is 11.5 Å². The van der Waals surface area contributed by atoms with Crippen LogP contribution in [-0.4, -0.2) is 41.3 Å². The maximum Gasteiger partial charge on any atom is 0.453 e. The Bertz CT molecular complexity index is 677. The molecule has 0 saturated heterocycles. The summed E-state index contributed by atoms with van der Waals surface area (Å²) in [5, 5.41) is 12.5. The van der Waals surface area contributed by atoms with Crippen LogP contribution in [0.2, 0.25) is 0 Å². The van der Waals surface area contributed by atoms with Crippen molar-refractivity contribution in [2.24, 2.45) is 0 Å². The zero-order valence-electron chi connectivity index (χ0n) is 12.8. The highest BCUT2D eigenvalue weighted by atomic mass is 32.2. The predicted molar refractivity (Wildman–Crippen MR) is 81.0 cm³/mol. The Hall–Kier alpha value is -1.84. The van der Waals surface area contributed by atoms with Gasteiger partial charge in [-0.15, -0.1) is 20.4 Å². The molecule has 0 saturated carbocycles. The van der Waals surface area contributed by atoms with E-state index in [0.29, 0.717) is 33.7 Å². The van der Waals surface area contributed by atoms with Crippen molar-refractivity contribution in [1.29, 1.82) is 0 Å². The van der Waals surface area contributed by atoms with E-state index in [1.165, 1.54) is 0 Å². The number of alkyl halides is 6. The summed E-state index contributed by atoms with van der Waals surface area (Å²) < 4.78 is 75.8. The van der Waals surface area contributed by atoms with E-state index in [4.69, 9.17) is 11.7 Å². The molecular weight excluding hydrogens is 410 g/mol. The van der Waals surface area contributed by atoms with E-state index in [9.17, 15) is 26.3 Å². The summed E-state index contributed by atoms with van der Waals surface area (Å²) in [6.45, 7) is 0. The average Bonchev–Trinajstić information content (AvgIpc) is 3.05. The predicted octanol–water partition coefficient (Wildman–Crippen LogP) is 2.00. The third kappa shape index (κ3) is 4.87. The quantitative estimate of drug-likeness (QED) is 0.302. The van der Waals surface area contributed by atoms with E-state index in [1.54, 1.807) is 0 Å². The van der Waals surface area contributed by atoms with Crippen molar-refractivity contribution in [3.05, 3.63) is 11.6 Å². The highest BCUT2D eigenvalue weighted by Gasteiger charge is 2.39. The van der Waals surface area contributed by atoms with Crippen LogP contribution in [0.5, 0.6) is 0 Å². The first-order chi connectivity index (χ1) is 12.0. The molecule has 4 N–H and O–H groups in total. The van der Waals surface area contributed by atoms with Crippen molar-refractivity contribution in [1.82, 2.24) is 29.7 Å². The van der Waals surface area contributed by atoms with E-state index in [0.717, 1.165) is 23.5 Å². The molecule has 2 rings (SSSR count). The van der Waals surface area contributed by atoms with Gasteiger partial charge in [-0.2, -0.15) is 26.3 Å². The van der Waals surface area contributed by atoms with Crippen molar-refractivity contribution >= 4 is 23.5 Å². The van der Waals surface area contributed by atoms with E-state index in [-0.39, 0.29) is 10.3 Å². The molecule has 0 unspecified atom stereocenters. The first-order valence-electron chi connectivity index (χ1n) is 6.82. The van der Waals surface area contributed by atoms with Crippen LogP contribution < -0.4 is 11.7 Å². The van der Waals surface area contributed by atoms with Gasteiger partial charge in [-0.1, -0.05) is 23.5 Å². The van der Waals surface area contributed by atoms with Crippen LogP contribution in [0.3, 0.4) is 0 Å². The maximum absolute atomic E-state index is 12.5. The van der Waals surface area contributed by atoms with Crippen molar-refractivity contribution in [3.8, 4) is 0 Å². The number of aromatic nitrogens is 6. The molecule has 0 radical (unpaired) electrons. The molecule has 0 aliphatic heterocycles. The van der Waals surface area contributed by atoms with E-state index in [1.807, 2.05) is 0 Å². The number of nitrogens with zero attached hydrogens (tertiary/aromatic N) is 6. The maximum atomic E-state index is 12.5. The fourth-order valence-electron chi connectivity index (χ4n) is 1.67. The van der Waals surface area contributed by atoms with Crippen molar-refractivity contribution in [3.63, 3.8) is 0 Å². The number of rotatable bonds is 7. The summed E-state index contributed by atoms with van der Waals surface area (Å²) in [6.07, 6.45) is -8.28. The lowest BCUT2D eigenvalue weighted by molar-refractivity contribution is -0.147. The second kappa shape index (κ2) is 7.81. The molecule has 0 amide bonds. The third-order valence-corrected chi connectivity index (χ3v) is 4.90. The minimum atomic E-state index is -4.69. The van der Waals surface area contributed by atoms with E-state index < -0.39 is 24.0 Å². The van der Waals surface area contributed by atoms with Crippen LogP contribution >= 0.6 is 23.5 Å². The Labute approximate surface area is 150 Å². The summed E-state index contributed by atoms with van der Waals surface area (Å²) >= 11 is 1.98. The second-order valence-electron chi connectivity index (χ2n) is 4.75. The number of halogens is 6. The Morgan fingerprint density at radius 3 is 1.31 bits per heavy atom. The summed E-state index contributed by atoms with van der Waals surface area (Å²) in [5.41, 5.74) is 0. The number of nitrogens with two attached hydrogens (primary N) is 2. The fourth-order valence-corrected chi connectivity index (χ4v) is 3.38. The SMILES string of the molecule is Nn1c(SCCCCSc2nnc(C(F)(F)F)n2N)nnc1C(F)(F)F. The van der Waals surface area contributed by atoms with Crippen LogP contribution in [0.25, 0.3) is 0 Å². The molecule has 2 aromatic heterocycles. The monoisotopic (exact) mass is 422 g/mol. The molecule has 0 bridgehead atoms. The lowest BCUT2D eigenvalue weighted by atomic mass is 10.4. The van der Waals surface area contributed by atoms with E-state index in [2.05, 4.69) is 20.4 Å². The number of nitrogen functional groups attached to an aromatic ring is 2. The van der Waals surface area contributed by atoms with Crippen LogP contribution in [0.4, 0.5) is 26.3 Å². The summed E-state index contributed by atoms with van der Waals surface area (Å²) in [7, 11) is 0. The molecule has 2 heterocycles. The van der Waals surface area contributed by atoms with Gasteiger partial charge >= 0.3 is 12.4 Å². The molecule has 0 aromatic carbocycles. The molecule has 146 valence electrons. The smallest absolute Gasteiger partial charge is 0.335 e. The van der Waals surface area contributed by atoms with Gasteiger partial charge in [0.25, 0.3) is 11.6 Å². The van der Waals surface area contributed by atoms with Gasteiger partial charge in [0.05, 0.1) is 0 Å². The van der Waals surface area contributed by atoms with Gasteiger partial charge in [-0.05, 0) is 12.8 Å². The summed E-state index contributed by atoms with van der Waals surface area (Å²) in [5.74, 6) is 8.78. The van der Waals surface area contributed by atoms with Crippen molar-refractivity contribution in [2.75, 3.05) is 23.2 Å². The lowest BCUT2D eigenvalue weighted by Crippen LogP contribution is -2.21. The van der Waals surface area contributed by atoms with Gasteiger partial charge in [-0.3, -0.25) is 0 Å². The first kappa shape index (κ1) is 20.5. The molecular formula is C10H12F6N8S2. The molecule has 0 spiro atoms. The van der Waals surface area contributed by atoms with Gasteiger partial charge in [-0.25, -0.2) is 9.35 Å². The average molecular weight is 422 g/mol. The van der Waals surface area contributed by atoms with Gasteiger partial charge < -0.3 is 11.7 Å². The molecule has 0 aliphatic rings. The second-order valence-corrected chi connectivity index (χ2v) is 6.88. The highest BCUT2D eigenvalue weighted by molar-refractivity contribution is 7.99. The number of hydrogen-bond acceptors (Lipinski definition) is 8. The number of unbranched alkanes of at least 4 members (excludes halogenated alkanes) is 1. The molecule has 8 nitrogen and oxygen atoms in total. The Balaban J connectivity index is 1.74. The molecule has 16 heteroatoms. The normalized spacial score (nSPS) is 12.7. The zero-order valence-corrected chi connectivity index (χ0v) is 14.4. The standard InChI is InChI=1S/C10H12F6N8S2/c11-9(12,13)5-19-21-7(23(5)17)25-3-1-2-4-26-8-22-20-6(24(8)18)10(14,15)16/h1-4,17-18H2. The molecule has 0 fully saturated rings. The zero-order chi connectivity index (χ0) is 19.5. The van der Waals surface area contributed by atoms with Crippen LogP contribution in [-0.2, 0) is 12.4 Å². The van der Waals surface area contributed by atoms with Gasteiger partial charge in [0.1, 0.15) is 0 Å². The van der Waals surface area contributed by atoms with Gasteiger partial charge in [0.15, 0.2) is 0 Å². The minimum Gasteiger partial charge on any atom is -0.335 e. The summed E-state index contributed by atoms with van der Waals surface area (Å²) in [6, 6.07) is 0. The lowest BCUT2D eigenvalue weighted by Gasteiger charge is -2.06. The highest BCUT2D eigenvalue weighted by Crippen LogP contribution is 2.30. The van der Waals surface area contributed by atoms with Gasteiger partial charge in [0.2, 0.25) is 10.3 Å². The van der Waals surface area contributed by atoms with E-state index >= 15 is 0 Å². The van der Waals surface area contributed by atoms with Crippen LogP contribution in [0.1, 0.15) is 24.5 Å². The molecule has 0 aliphatic carbocycles. The van der Waals surface area contributed by atoms with Crippen LogP contribution in [0.15, 0.2) is 10.3 Å². The van der Waals surface area contributed by atoms with Crippen molar-refractivity contribution < 1.29 is 26.3 Å². The third-order valence-electron chi connectivity index (χ3n) is 2.84. The Morgan fingerprint density at radius 2 is 1.04 bits per heavy atom. The first-order valence-corrected chi connectivity index (χ1v) is 8.80. The molecule has 0 atom stereocenters. The topological polar surface area (TPSA) is 113 Å². The number of thioether (sulfide) groups is 2. The van der Waals surface area contributed by atoms with Crippen molar-refractivity contribution in [2.45, 2.75) is 35.5 Å². The van der Waals surface area contributed by atoms with Crippen LogP contribution in [0, 0.1) is 0 Å². The Kier molecular flexibility index (Phi) is 6.15. The minimum absolute atomic E-state index is 0.0819.